The first-order valence-corrected chi connectivity index (χ1v) is 7.60. The van der Waals surface area contributed by atoms with Crippen LogP contribution in [0, 0.1) is 5.92 Å². The number of anilines is 1. The predicted octanol–water partition coefficient (Wildman–Crippen LogP) is 3.47. The lowest BCUT2D eigenvalue weighted by molar-refractivity contribution is 0.0900. The zero-order valence-corrected chi connectivity index (χ0v) is 12.6. The number of hydrogen-bond acceptors (Lipinski definition) is 4. The molecule has 0 saturated carbocycles. The predicted molar refractivity (Wildman–Crippen MR) is 84.9 cm³/mol. The highest BCUT2D eigenvalue weighted by atomic mass is 16.5. The number of fused-ring (bicyclic) bond motifs is 1. The molecule has 1 aliphatic heterocycles. The second-order valence-corrected chi connectivity index (χ2v) is 5.49. The summed E-state index contributed by atoms with van der Waals surface area (Å²) in [5, 5.41) is 5.77. The zero-order valence-electron chi connectivity index (χ0n) is 12.6. The Bertz CT molecular complexity index is 615. The maximum atomic E-state index is 5.75. The molecule has 2 aromatic rings. The fraction of sp³-hybridized carbons (Fsp3) is 0.471. The van der Waals surface area contributed by atoms with Crippen LogP contribution in [0.1, 0.15) is 19.8 Å². The summed E-state index contributed by atoms with van der Waals surface area (Å²) in [6.07, 6.45) is 4.42. The van der Waals surface area contributed by atoms with Crippen molar-refractivity contribution in [2.45, 2.75) is 25.9 Å². The average molecular weight is 286 g/mol. The number of hydrogen-bond donors (Lipinski definition) is 1. The minimum atomic E-state index is 0.377. The van der Waals surface area contributed by atoms with Gasteiger partial charge < -0.3 is 14.8 Å². The number of pyridine rings is 1. The van der Waals surface area contributed by atoms with Crippen LogP contribution in [-0.2, 0) is 4.74 Å². The average Bonchev–Trinajstić information content (AvgIpc) is 2.99. The van der Waals surface area contributed by atoms with Crippen LogP contribution < -0.4 is 10.1 Å². The second kappa shape index (κ2) is 6.31. The Morgan fingerprint density at radius 2 is 2.29 bits per heavy atom. The summed E-state index contributed by atoms with van der Waals surface area (Å²) in [7, 11) is 1.69. The van der Waals surface area contributed by atoms with Crippen molar-refractivity contribution in [1.82, 2.24) is 4.98 Å². The standard InChI is InChI=1S/C17H22N2O2/c1-3-16-13(7-9-21-16)11-19-17-15-10-14(20-2)5-4-12(15)6-8-18-17/h4-6,8,10,13,16H,3,7,9,11H2,1-2H3,(H,18,19). The van der Waals surface area contributed by atoms with Crippen LogP contribution in [0.25, 0.3) is 10.8 Å². The molecule has 1 aromatic heterocycles. The molecule has 4 heteroatoms. The summed E-state index contributed by atoms with van der Waals surface area (Å²) in [5.74, 6) is 2.35. The van der Waals surface area contributed by atoms with E-state index in [9.17, 15) is 0 Å². The van der Waals surface area contributed by atoms with Crippen molar-refractivity contribution < 1.29 is 9.47 Å². The fourth-order valence-electron chi connectivity index (χ4n) is 3.02. The molecule has 2 atom stereocenters. The van der Waals surface area contributed by atoms with E-state index in [1.54, 1.807) is 7.11 Å². The minimum absolute atomic E-state index is 0.377. The molecule has 112 valence electrons. The van der Waals surface area contributed by atoms with Crippen molar-refractivity contribution >= 4 is 16.6 Å². The number of rotatable bonds is 5. The monoisotopic (exact) mass is 286 g/mol. The van der Waals surface area contributed by atoms with Crippen LogP contribution in [-0.4, -0.2) is 31.3 Å². The van der Waals surface area contributed by atoms with E-state index in [-0.39, 0.29) is 0 Å². The molecule has 1 aromatic carbocycles. The lowest BCUT2D eigenvalue weighted by Crippen LogP contribution is -2.23. The maximum absolute atomic E-state index is 5.75. The Balaban J connectivity index is 1.80. The highest BCUT2D eigenvalue weighted by molar-refractivity contribution is 5.92. The zero-order chi connectivity index (χ0) is 14.7. The molecule has 1 aliphatic rings. The Morgan fingerprint density at radius 3 is 3.10 bits per heavy atom. The van der Waals surface area contributed by atoms with Crippen LogP contribution in [0.5, 0.6) is 5.75 Å². The third kappa shape index (κ3) is 2.95. The molecular weight excluding hydrogens is 264 g/mol. The van der Waals surface area contributed by atoms with Gasteiger partial charge in [-0.3, -0.25) is 0 Å². The Labute approximate surface area is 125 Å². The smallest absolute Gasteiger partial charge is 0.133 e. The molecule has 21 heavy (non-hydrogen) atoms. The molecule has 1 N–H and O–H groups in total. The van der Waals surface area contributed by atoms with E-state index in [4.69, 9.17) is 9.47 Å². The van der Waals surface area contributed by atoms with Crippen LogP contribution in [0.3, 0.4) is 0 Å². The first-order chi connectivity index (χ1) is 10.3. The van der Waals surface area contributed by atoms with Gasteiger partial charge in [-0.25, -0.2) is 4.98 Å². The van der Waals surface area contributed by atoms with E-state index in [0.717, 1.165) is 42.9 Å². The van der Waals surface area contributed by atoms with Crippen LogP contribution in [0.2, 0.25) is 0 Å². The van der Waals surface area contributed by atoms with Gasteiger partial charge in [0.2, 0.25) is 0 Å². The molecule has 0 aliphatic carbocycles. The maximum Gasteiger partial charge on any atom is 0.133 e. The molecule has 4 nitrogen and oxygen atoms in total. The van der Waals surface area contributed by atoms with Crippen molar-refractivity contribution in [2.24, 2.45) is 5.92 Å². The third-order valence-corrected chi connectivity index (χ3v) is 4.25. The van der Waals surface area contributed by atoms with Crippen LogP contribution >= 0.6 is 0 Å². The van der Waals surface area contributed by atoms with Crippen molar-refractivity contribution in [2.75, 3.05) is 25.6 Å². The molecule has 2 heterocycles. The number of nitrogens with one attached hydrogen (secondary N) is 1. The van der Waals surface area contributed by atoms with Gasteiger partial charge in [-0.15, -0.1) is 0 Å². The molecule has 0 amide bonds. The summed E-state index contributed by atoms with van der Waals surface area (Å²) >= 11 is 0. The van der Waals surface area contributed by atoms with E-state index in [0.29, 0.717) is 12.0 Å². The lowest BCUT2D eigenvalue weighted by atomic mass is 9.99. The van der Waals surface area contributed by atoms with E-state index < -0.39 is 0 Å². The van der Waals surface area contributed by atoms with Gasteiger partial charge in [-0.2, -0.15) is 0 Å². The van der Waals surface area contributed by atoms with Gasteiger partial charge in [0.15, 0.2) is 0 Å². The third-order valence-electron chi connectivity index (χ3n) is 4.25. The quantitative estimate of drug-likeness (QED) is 0.914. The van der Waals surface area contributed by atoms with Gasteiger partial charge in [-0.1, -0.05) is 13.0 Å². The Hall–Kier alpha value is -1.81. The Morgan fingerprint density at radius 1 is 1.38 bits per heavy atom. The molecule has 0 bridgehead atoms. The molecule has 0 spiro atoms. The minimum Gasteiger partial charge on any atom is -0.497 e. The summed E-state index contributed by atoms with van der Waals surface area (Å²) in [5.41, 5.74) is 0. The second-order valence-electron chi connectivity index (χ2n) is 5.49. The fourth-order valence-corrected chi connectivity index (χ4v) is 3.02. The molecule has 3 rings (SSSR count). The highest BCUT2D eigenvalue weighted by Crippen LogP contribution is 2.28. The van der Waals surface area contributed by atoms with Gasteiger partial charge in [0.1, 0.15) is 11.6 Å². The summed E-state index contributed by atoms with van der Waals surface area (Å²) in [6.45, 7) is 3.97. The number of ether oxygens (including phenoxy) is 2. The van der Waals surface area contributed by atoms with Crippen molar-refractivity contribution in [3.05, 3.63) is 30.5 Å². The van der Waals surface area contributed by atoms with Gasteiger partial charge in [0.05, 0.1) is 13.2 Å². The molecule has 2 unspecified atom stereocenters. The number of aromatic nitrogens is 1. The molecule has 1 fully saturated rings. The van der Waals surface area contributed by atoms with Crippen molar-refractivity contribution in [1.29, 1.82) is 0 Å². The first kappa shape index (κ1) is 14.1. The largest absolute Gasteiger partial charge is 0.497 e. The van der Waals surface area contributed by atoms with E-state index in [1.165, 1.54) is 5.39 Å². The molecule has 1 saturated heterocycles. The number of methoxy groups -OCH3 is 1. The molecular formula is C17H22N2O2. The summed E-state index contributed by atoms with van der Waals surface area (Å²) in [6, 6.07) is 8.10. The highest BCUT2D eigenvalue weighted by Gasteiger charge is 2.26. The van der Waals surface area contributed by atoms with E-state index in [2.05, 4.69) is 23.3 Å². The van der Waals surface area contributed by atoms with Gasteiger partial charge >= 0.3 is 0 Å². The van der Waals surface area contributed by atoms with Gasteiger partial charge in [0.25, 0.3) is 0 Å². The van der Waals surface area contributed by atoms with Gasteiger partial charge in [0, 0.05) is 30.7 Å². The van der Waals surface area contributed by atoms with E-state index >= 15 is 0 Å². The Kier molecular flexibility index (Phi) is 4.25. The summed E-state index contributed by atoms with van der Waals surface area (Å²) < 4.78 is 11.1. The first-order valence-electron chi connectivity index (χ1n) is 7.60. The summed E-state index contributed by atoms with van der Waals surface area (Å²) in [4.78, 5) is 4.49. The SMILES string of the molecule is CCC1OCCC1CNc1nccc2ccc(OC)cc12. The van der Waals surface area contributed by atoms with Crippen molar-refractivity contribution in [3.63, 3.8) is 0 Å². The van der Waals surface area contributed by atoms with Crippen LogP contribution in [0.15, 0.2) is 30.5 Å². The topological polar surface area (TPSA) is 43.4 Å². The van der Waals surface area contributed by atoms with Crippen molar-refractivity contribution in [3.8, 4) is 5.75 Å². The lowest BCUT2D eigenvalue weighted by Gasteiger charge is -2.18. The van der Waals surface area contributed by atoms with E-state index in [1.807, 2.05) is 24.4 Å². The molecule has 0 radical (unpaired) electrons. The normalized spacial score (nSPS) is 21.6. The van der Waals surface area contributed by atoms with Gasteiger partial charge in [-0.05, 0) is 36.4 Å². The van der Waals surface area contributed by atoms with Crippen LogP contribution in [0.4, 0.5) is 5.82 Å². The number of nitrogens with zero attached hydrogens (tertiary/aromatic N) is 1. The number of benzene rings is 1.